The van der Waals surface area contributed by atoms with Crippen LogP contribution in [0.5, 0.6) is 0 Å². The predicted octanol–water partition coefficient (Wildman–Crippen LogP) is 5.16. The highest BCUT2D eigenvalue weighted by Gasteiger charge is 2.05. The summed E-state index contributed by atoms with van der Waals surface area (Å²) in [6.07, 6.45) is 12.1. The van der Waals surface area contributed by atoms with Gasteiger partial charge in [-0.3, -0.25) is 0 Å². The summed E-state index contributed by atoms with van der Waals surface area (Å²) in [6.45, 7) is 4.28. The predicted molar refractivity (Wildman–Crippen MR) is 80.6 cm³/mol. The van der Waals surface area contributed by atoms with Gasteiger partial charge in [-0.25, -0.2) is 0 Å². The maximum Gasteiger partial charge on any atom is 0.174 e. The second-order valence-corrected chi connectivity index (χ2v) is 5.35. The van der Waals surface area contributed by atoms with Gasteiger partial charge in [-0.1, -0.05) is 51.9 Å². The number of nitrogens with zero attached hydrogens (tertiary/aromatic N) is 1. The van der Waals surface area contributed by atoms with Crippen LogP contribution in [0.15, 0.2) is 0 Å². The summed E-state index contributed by atoms with van der Waals surface area (Å²) < 4.78 is 5.46. The van der Waals surface area contributed by atoms with E-state index in [1.807, 2.05) is 13.0 Å². The van der Waals surface area contributed by atoms with Gasteiger partial charge in [0.15, 0.2) is 5.05 Å². The van der Waals surface area contributed by atoms with Crippen molar-refractivity contribution in [3.05, 3.63) is 0 Å². The van der Waals surface area contributed by atoms with E-state index in [0.717, 1.165) is 6.42 Å². The van der Waals surface area contributed by atoms with Gasteiger partial charge in [0.05, 0.1) is 12.2 Å². The molecule has 0 N–H and O–H groups in total. The van der Waals surface area contributed by atoms with E-state index in [1.165, 1.54) is 51.4 Å². The van der Waals surface area contributed by atoms with Gasteiger partial charge in [-0.05, 0) is 32.0 Å². The molecule has 104 valence electrons. The molecule has 2 nitrogen and oxygen atoms in total. The van der Waals surface area contributed by atoms with Crippen molar-refractivity contribution in [1.29, 1.82) is 5.26 Å². The molecule has 0 spiro atoms. The number of hydrogen-bond donors (Lipinski definition) is 0. The normalized spacial score (nSPS) is 11.8. The molecule has 0 aromatic heterocycles. The summed E-state index contributed by atoms with van der Waals surface area (Å²) in [5.74, 6) is 0. The third-order valence-corrected chi connectivity index (χ3v) is 3.26. The monoisotopic (exact) mass is 269 g/mol. The van der Waals surface area contributed by atoms with Crippen LogP contribution in [0.25, 0.3) is 0 Å². The highest BCUT2D eigenvalue weighted by Crippen LogP contribution is 2.12. The summed E-state index contributed by atoms with van der Waals surface area (Å²) in [7, 11) is 0. The maximum atomic E-state index is 8.47. The van der Waals surface area contributed by atoms with Gasteiger partial charge in [-0.15, -0.1) is 0 Å². The molecule has 0 aromatic carbocycles. The van der Waals surface area contributed by atoms with E-state index in [9.17, 15) is 0 Å². The Morgan fingerprint density at radius 1 is 1.11 bits per heavy atom. The minimum Gasteiger partial charge on any atom is -0.483 e. The first-order valence-electron chi connectivity index (χ1n) is 7.27. The first-order valence-corrected chi connectivity index (χ1v) is 7.68. The second kappa shape index (κ2) is 12.8. The first kappa shape index (κ1) is 17.4. The molecule has 0 aliphatic heterocycles. The molecule has 3 heteroatoms. The van der Waals surface area contributed by atoms with Gasteiger partial charge in [0.1, 0.15) is 6.42 Å². The van der Waals surface area contributed by atoms with Crippen LogP contribution in [0.2, 0.25) is 0 Å². The number of thiocarbonyl (C=S) groups is 1. The fraction of sp³-hybridized carbons (Fsp3) is 0.867. The van der Waals surface area contributed by atoms with E-state index in [2.05, 4.69) is 6.92 Å². The lowest BCUT2D eigenvalue weighted by atomic mass is 10.1. The largest absolute Gasteiger partial charge is 0.483 e. The minimum atomic E-state index is 0.158. The quantitative estimate of drug-likeness (QED) is 0.383. The van der Waals surface area contributed by atoms with Crippen molar-refractivity contribution in [2.75, 3.05) is 0 Å². The van der Waals surface area contributed by atoms with Gasteiger partial charge in [-0.2, -0.15) is 5.26 Å². The Bertz CT molecular complexity index is 247. The lowest BCUT2D eigenvalue weighted by molar-refractivity contribution is 0.195. The molecule has 0 aliphatic carbocycles. The number of unbranched alkanes of at least 4 members (excludes halogenated alkanes) is 7. The SMILES string of the molecule is CCCCCCCCCCC(C)OC(=S)CC#N. The number of ether oxygens (including phenoxy) is 1. The van der Waals surface area contributed by atoms with Gasteiger partial charge in [0.25, 0.3) is 0 Å². The third-order valence-electron chi connectivity index (χ3n) is 3.02. The third kappa shape index (κ3) is 11.9. The van der Waals surface area contributed by atoms with E-state index in [1.54, 1.807) is 0 Å². The fourth-order valence-electron chi connectivity index (χ4n) is 1.96. The Morgan fingerprint density at radius 3 is 2.22 bits per heavy atom. The van der Waals surface area contributed by atoms with Crippen molar-refractivity contribution < 1.29 is 4.74 Å². The van der Waals surface area contributed by atoms with Crippen molar-refractivity contribution >= 4 is 17.3 Å². The molecule has 0 aromatic rings. The van der Waals surface area contributed by atoms with Crippen LogP contribution in [0.1, 0.15) is 78.1 Å². The van der Waals surface area contributed by atoms with Crippen molar-refractivity contribution in [3.63, 3.8) is 0 Å². The van der Waals surface area contributed by atoms with Gasteiger partial charge in [0.2, 0.25) is 0 Å². The Morgan fingerprint density at radius 2 is 1.67 bits per heavy atom. The van der Waals surface area contributed by atoms with E-state index in [-0.39, 0.29) is 12.5 Å². The van der Waals surface area contributed by atoms with E-state index < -0.39 is 0 Å². The summed E-state index contributed by atoms with van der Waals surface area (Å²) in [5.41, 5.74) is 0. The number of hydrogen-bond acceptors (Lipinski definition) is 3. The topological polar surface area (TPSA) is 33.0 Å². The Hall–Kier alpha value is -0.620. The fourth-order valence-corrected chi connectivity index (χ4v) is 2.18. The van der Waals surface area contributed by atoms with E-state index >= 15 is 0 Å². The molecule has 0 heterocycles. The standard InChI is InChI=1S/C15H27NOS/c1-3-4-5-6-7-8-9-10-11-14(2)17-15(18)12-13-16/h14H,3-12H2,1-2H3. The molecule has 1 atom stereocenters. The van der Waals surface area contributed by atoms with Gasteiger partial charge in [0, 0.05) is 0 Å². The van der Waals surface area contributed by atoms with Gasteiger partial charge < -0.3 is 4.74 Å². The van der Waals surface area contributed by atoms with Crippen molar-refractivity contribution in [2.45, 2.75) is 84.2 Å². The number of nitriles is 1. The molecule has 0 radical (unpaired) electrons. The van der Waals surface area contributed by atoms with E-state index in [4.69, 9.17) is 22.2 Å². The van der Waals surface area contributed by atoms with Crippen molar-refractivity contribution in [2.24, 2.45) is 0 Å². The van der Waals surface area contributed by atoms with Crippen LogP contribution in [0, 0.1) is 11.3 Å². The average Bonchev–Trinajstić information content (AvgIpc) is 2.32. The van der Waals surface area contributed by atoms with Crippen molar-refractivity contribution in [3.8, 4) is 6.07 Å². The molecule has 0 amide bonds. The van der Waals surface area contributed by atoms with Crippen LogP contribution >= 0.6 is 12.2 Å². The van der Waals surface area contributed by atoms with Crippen LogP contribution in [-0.2, 0) is 4.74 Å². The maximum absolute atomic E-state index is 8.47. The lowest BCUT2D eigenvalue weighted by Crippen LogP contribution is -2.12. The Labute approximate surface area is 118 Å². The summed E-state index contributed by atoms with van der Waals surface area (Å²) in [5, 5.41) is 8.90. The molecule has 1 unspecified atom stereocenters. The molecule has 0 bridgehead atoms. The van der Waals surface area contributed by atoms with Crippen LogP contribution in [-0.4, -0.2) is 11.2 Å². The molecule has 18 heavy (non-hydrogen) atoms. The molecular weight excluding hydrogens is 242 g/mol. The van der Waals surface area contributed by atoms with Crippen molar-refractivity contribution in [1.82, 2.24) is 0 Å². The highest BCUT2D eigenvalue weighted by molar-refractivity contribution is 7.80. The Balaban J connectivity index is 3.28. The lowest BCUT2D eigenvalue weighted by Gasteiger charge is -2.13. The zero-order chi connectivity index (χ0) is 13.6. The van der Waals surface area contributed by atoms with Gasteiger partial charge >= 0.3 is 0 Å². The summed E-state index contributed by atoms with van der Waals surface area (Å²) in [6, 6.07) is 2.01. The first-order chi connectivity index (χ1) is 8.70. The summed E-state index contributed by atoms with van der Waals surface area (Å²) in [4.78, 5) is 0. The molecule has 0 rings (SSSR count). The van der Waals surface area contributed by atoms with Crippen LogP contribution in [0.3, 0.4) is 0 Å². The van der Waals surface area contributed by atoms with Crippen LogP contribution in [0.4, 0.5) is 0 Å². The van der Waals surface area contributed by atoms with E-state index in [0.29, 0.717) is 5.05 Å². The summed E-state index contributed by atoms with van der Waals surface area (Å²) >= 11 is 4.95. The molecule has 0 saturated heterocycles. The number of rotatable bonds is 11. The molecule has 0 saturated carbocycles. The average molecular weight is 269 g/mol. The smallest absolute Gasteiger partial charge is 0.174 e. The Kier molecular flexibility index (Phi) is 12.4. The molecule has 0 aliphatic rings. The van der Waals surface area contributed by atoms with Crippen LogP contribution < -0.4 is 0 Å². The zero-order valence-corrected chi connectivity index (χ0v) is 12.7. The zero-order valence-electron chi connectivity index (χ0n) is 11.9. The molecular formula is C15H27NOS. The second-order valence-electron chi connectivity index (χ2n) is 4.90. The molecule has 0 fully saturated rings. The minimum absolute atomic E-state index is 0.158. The highest BCUT2D eigenvalue weighted by atomic mass is 32.1.